The van der Waals surface area contributed by atoms with Crippen LogP contribution in [-0.2, 0) is 6.42 Å². The summed E-state index contributed by atoms with van der Waals surface area (Å²) in [6.45, 7) is 3.83. The lowest BCUT2D eigenvalue weighted by atomic mass is 10.1. The van der Waals surface area contributed by atoms with Crippen molar-refractivity contribution in [1.29, 1.82) is 0 Å². The molecule has 0 radical (unpaired) electrons. The third kappa shape index (κ3) is 1.67. The Balaban J connectivity index is 2.61. The zero-order valence-corrected chi connectivity index (χ0v) is 9.27. The van der Waals surface area contributed by atoms with Gasteiger partial charge in [0.2, 0.25) is 0 Å². The highest BCUT2D eigenvalue weighted by molar-refractivity contribution is 5.87. The summed E-state index contributed by atoms with van der Waals surface area (Å²) in [5.74, 6) is -0.479. The Kier molecular flexibility index (Phi) is 2.63. The molecule has 1 aromatic rings. The van der Waals surface area contributed by atoms with E-state index in [9.17, 15) is 9.90 Å². The maximum atomic E-state index is 11.1. The van der Waals surface area contributed by atoms with E-state index < -0.39 is 12.1 Å². The summed E-state index contributed by atoms with van der Waals surface area (Å²) >= 11 is 0. The number of hydrogen-bond donors (Lipinski definition) is 2. The molecule has 16 heavy (non-hydrogen) atoms. The van der Waals surface area contributed by atoms with E-state index in [1.54, 1.807) is 0 Å². The van der Waals surface area contributed by atoms with Gasteiger partial charge in [0.15, 0.2) is 5.69 Å². The maximum absolute atomic E-state index is 11.1. The van der Waals surface area contributed by atoms with Crippen molar-refractivity contribution in [3.63, 3.8) is 0 Å². The standard InChI is InChI=1S/C11H14N2O3/c1-5(2)10-12-6-3-4-7(14)8(6)9(13-10)11(15)16/h5,7,14H,3-4H2,1-2H3,(H,15,16). The molecule has 1 aliphatic carbocycles. The second-order valence-electron chi connectivity index (χ2n) is 4.31. The molecular formula is C11H14N2O3. The molecule has 1 aromatic heterocycles. The lowest BCUT2D eigenvalue weighted by Gasteiger charge is -2.10. The molecule has 0 bridgehead atoms. The number of aromatic nitrogens is 2. The number of aromatic carboxylic acids is 1. The number of nitrogens with zero attached hydrogens (tertiary/aromatic N) is 2. The predicted molar refractivity (Wildman–Crippen MR) is 56.4 cm³/mol. The van der Waals surface area contributed by atoms with Gasteiger partial charge in [-0.15, -0.1) is 0 Å². The second-order valence-corrected chi connectivity index (χ2v) is 4.31. The first-order chi connectivity index (χ1) is 7.50. The van der Waals surface area contributed by atoms with Crippen LogP contribution in [-0.4, -0.2) is 26.2 Å². The number of carbonyl (C=O) groups is 1. The molecule has 5 nitrogen and oxygen atoms in total. The van der Waals surface area contributed by atoms with Crippen molar-refractivity contribution in [2.45, 2.75) is 38.7 Å². The van der Waals surface area contributed by atoms with Crippen LogP contribution in [0.3, 0.4) is 0 Å². The number of aryl methyl sites for hydroxylation is 1. The monoisotopic (exact) mass is 222 g/mol. The summed E-state index contributed by atoms with van der Waals surface area (Å²) in [5.41, 5.74) is 1.04. The Morgan fingerprint density at radius 1 is 1.44 bits per heavy atom. The van der Waals surface area contributed by atoms with Crippen LogP contribution in [0.4, 0.5) is 0 Å². The summed E-state index contributed by atoms with van der Waals surface area (Å²) in [4.78, 5) is 19.4. The predicted octanol–water partition coefficient (Wildman–Crippen LogP) is 1.28. The Bertz CT molecular complexity index is 443. The average Bonchev–Trinajstić information content (AvgIpc) is 2.59. The fourth-order valence-electron chi connectivity index (χ4n) is 1.91. The Hall–Kier alpha value is -1.49. The van der Waals surface area contributed by atoms with Gasteiger partial charge in [0.25, 0.3) is 0 Å². The van der Waals surface area contributed by atoms with Crippen molar-refractivity contribution >= 4 is 5.97 Å². The van der Waals surface area contributed by atoms with Crippen LogP contribution in [0.15, 0.2) is 0 Å². The van der Waals surface area contributed by atoms with Crippen LogP contribution in [0.5, 0.6) is 0 Å². The lowest BCUT2D eigenvalue weighted by Crippen LogP contribution is -2.13. The van der Waals surface area contributed by atoms with Crippen molar-refractivity contribution in [2.24, 2.45) is 0 Å². The first-order valence-corrected chi connectivity index (χ1v) is 5.32. The fourth-order valence-corrected chi connectivity index (χ4v) is 1.91. The van der Waals surface area contributed by atoms with Crippen LogP contribution >= 0.6 is 0 Å². The van der Waals surface area contributed by atoms with Crippen LogP contribution in [0.1, 0.15) is 59.9 Å². The smallest absolute Gasteiger partial charge is 0.355 e. The minimum Gasteiger partial charge on any atom is -0.476 e. The van der Waals surface area contributed by atoms with Gasteiger partial charge < -0.3 is 10.2 Å². The molecule has 0 spiro atoms. The van der Waals surface area contributed by atoms with Crippen molar-refractivity contribution in [1.82, 2.24) is 9.97 Å². The van der Waals surface area contributed by atoms with Crippen LogP contribution < -0.4 is 0 Å². The van der Waals surface area contributed by atoms with Crippen LogP contribution in [0, 0.1) is 0 Å². The van der Waals surface area contributed by atoms with Crippen LogP contribution in [0.25, 0.3) is 0 Å². The fraction of sp³-hybridized carbons (Fsp3) is 0.545. The van der Waals surface area contributed by atoms with E-state index in [2.05, 4.69) is 9.97 Å². The van der Waals surface area contributed by atoms with Gasteiger partial charge in [-0.2, -0.15) is 0 Å². The minimum absolute atomic E-state index is 0.0429. The van der Waals surface area contributed by atoms with E-state index in [1.165, 1.54) is 0 Å². The van der Waals surface area contributed by atoms with Crippen LogP contribution in [0.2, 0.25) is 0 Å². The Labute approximate surface area is 93.2 Å². The zero-order valence-electron chi connectivity index (χ0n) is 9.27. The van der Waals surface area contributed by atoms with Gasteiger partial charge in [-0.05, 0) is 12.8 Å². The Morgan fingerprint density at radius 2 is 2.12 bits per heavy atom. The number of rotatable bonds is 2. The summed E-state index contributed by atoms with van der Waals surface area (Å²) < 4.78 is 0. The quantitative estimate of drug-likeness (QED) is 0.787. The topological polar surface area (TPSA) is 83.3 Å². The maximum Gasteiger partial charge on any atom is 0.355 e. The highest BCUT2D eigenvalue weighted by Crippen LogP contribution is 2.32. The van der Waals surface area contributed by atoms with Crippen molar-refractivity contribution in [3.05, 3.63) is 22.8 Å². The average molecular weight is 222 g/mol. The number of carboxylic acid groups (broad SMARTS) is 1. The van der Waals surface area contributed by atoms with E-state index in [1.807, 2.05) is 13.8 Å². The molecule has 86 valence electrons. The molecule has 1 aliphatic rings. The van der Waals surface area contributed by atoms with Gasteiger partial charge >= 0.3 is 5.97 Å². The Morgan fingerprint density at radius 3 is 2.69 bits per heavy atom. The van der Waals surface area contributed by atoms with E-state index in [0.29, 0.717) is 29.9 Å². The van der Waals surface area contributed by atoms with E-state index >= 15 is 0 Å². The highest BCUT2D eigenvalue weighted by atomic mass is 16.4. The third-order valence-electron chi connectivity index (χ3n) is 2.75. The van der Waals surface area contributed by atoms with Crippen molar-refractivity contribution in [2.75, 3.05) is 0 Å². The summed E-state index contributed by atoms with van der Waals surface area (Å²) in [5, 5.41) is 18.8. The zero-order chi connectivity index (χ0) is 11.9. The molecule has 1 unspecified atom stereocenters. The van der Waals surface area contributed by atoms with E-state index in [4.69, 9.17) is 5.11 Å². The van der Waals surface area contributed by atoms with Gasteiger partial charge in [-0.3, -0.25) is 0 Å². The molecule has 5 heteroatoms. The number of hydrogen-bond acceptors (Lipinski definition) is 4. The van der Waals surface area contributed by atoms with Gasteiger partial charge in [-0.1, -0.05) is 13.8 Å². The molecule has 2 N–H and O–H groups in total. The number of aliphatic hydroxyl groups excluding tert-OH is 1. The molecule has 0 aliphatic heterocycles. The molecule has 0 amide bonds. The molecule has 0 saturated heterocycles. The number of fused-ring (bicyclic) bond motifs is 1. The minimum atomic E-state index is -1.10. The molecule has 1 heterocycles. The SMILES string of the molecule is CC(C)c1nc2c(c(C(=O)O)n1)C(O)CC2. The number of carboxylic acids is 1. The third-order valence-corrected chi connectivity index (χ3v) is 2.75. The van der Waals surface area contributed by atoms with E-state index in [-0.39, 0.29) is 11.6 Å². The van der Waals surface area contributed by atoms with Gasteiger partial charge in [0.05, 0.1) is 11.8 Å². The summed E-state index contributed by atoms with van der Waals surface area (Å²) in [6.07, 6.45) is 0.424. The van der Waals surface area contributed by atoms with Gasteiger partial charge in [0, 0.05) is 11.5 Å². The number of aliphatic hydroxyl groups is 1. The van der Waals surface area contributed by atoms with E-state index in [0.717, 1.165) is 0 Å². The lowest BCUT2D eigenvalue weighted by molar-refractivity contribution is 0.0682. The summed E-state index contributed by atoms with van der Waals surface area (Å²) in [7, 11) is 0. The second kappa shape index (κ2) is 3.83. The molecule has 0 aromatic carbocycles. The molecule has 0 fully saturated rings. The highest BCUT2D eigenvalue weighted by Gasteiger charge is 2.30. The molecule has 2 rings (SSSR count). The largest absolute Gasteiger partial charge is 0.476 e. The first kappa shape index (κ1) is 11.0. The van der Waals surface area contributed by atoms with Crippen molar-refractivity contribution < 1.29 is 15.0 Å². The van der Waals surface area contributed by atoms with Gasteiger partial charge in [0.1, 0.15) is 5.82 Å². The van der Waals surface area contributed by atoms with Crippen molar-refractivity contribution in [3.8, 4) is 0 Å². The summed E-state index contributed by atoms with van der Waals surface area (Å²) in [6, 6.07) is 0. The van der Waals surface area contributed by atoms with Gasteiger partial charge in [-0.25, -0.2) is 14.8 Å². The molecule has 0 saturated carbocycles. The molecular weight excluding hydrogens is 208 g/mol. The molecule has 1 atom stereocenters. The normalized spacial score (nSPS) is 18.9. The first-order valence-electron chi connectivity index (χ1n) is 5.32.